The summed E-state index contributed by atoms with van der Waals surface area (Å²) in [5.41, 5.74) is 0. The highest BCUT2D eigenvalue weighted by molar-refractivity contribution is 5.81. The van der Waals surface area contributed by atoms with Gasteiger partial charge >= 0.3 is 0 Å². The number of aliphatic hydroxyl groups excluding tert-OH is 1. The van der Waals surface area contributed by atoms with Gasteiger partial charge in [0.05, 0.1) is 6.04 Å². The maximum absolute atomic E-state index is 11.5. The SMILES string of the molecule is O=C(NCCCCCO)[C@H]1CCCN1. The van der Waals surface area contributed by atoms with Crippen LogP contribution in [0.2, 0.25) is 0 Å². The first kappa shape index (κ1) is 11.5. The van der Waals surface area contributed by atoms with Gasteiger partial charge in [-0.2, -0.15) is 0 Å². The minimum absolute atomic E-state index is 0.0350. The van der Waals surface area contributed by atoms with Crippen LogP contribution in [-0.4, -0.2) is 36.8 Å². The summed E-state index contributed by atoms with van der Waals surface area (Å²) >= 11 is 0. The van der Waals surface area contributed by atoms with Crippen LogP contribution in [0.15, 0.2) is 0 Å². The summed E-state index contributed by atoms with van der Waals surface area (Å²) < 4.78 is 0. The molecular weight excluding hydrogens is 180 g/mol. The van der Waals surface area contributed by atoms with Crippen LogP contribution in [0.1, 0.15) is 32.1 Å². The number of hydrogen-bond donors (Lipinski definition) is 3. The van der Waals surface area contributed by atoms with E-state index in [0.717, 1.165) is 45.2 Å². The third-order valence-electron chi connectivity index (χ3n) is 2.51. The minimum Gasteiger partial charge on any atom is -0.396 e. The van der Waals surface area contributed by atoms with Crippen molar-refractivity contribution in [1.29, 1.82) is 0 Å². The molecule has 1 amide bonds. The Morgan fingerprint density at radius 3 is 2.93 bits per heavy atom. The topological polar surface area (TPSA) is 61.4 Å². The molecule has 1 heterocycles. The molecule has 4 heteroatoms. The van der Waals surface area contributed by atoms with Crippen LogP contribution in [-0.2, 0) is 4.79 Å². The van der Waals surface area contributed by atoms with Gasteiger partial charge in [0.15, 0.2) is 0 Å². The largest absolute Gasteiger partial charge is 0.396 e. The predicted octanol–water partition coefficient (Wildman–Crippen LogP) is 0.0172. The van der Waals surface area contributed by atoms with Crippen molar-refractivity contribution < 1.29 is 9.90 Å². The second-order valence-electron chi connectivity index (χ2n) is 3.72. The van der Waals surface area contributed by atoms with E-state index in [2.05, 4.69) is 10.6 Å². The summed E-state index contributed by atoms with van der Waals surface area (Å²) in [4.78, 5) is 11.5. The summed E-state index contributed by atoms with van der Waals surface area (Å²) in [5, 5.41) is 14.6. The normalized spacial score (nSPS) is 21.1. The molecule has 82 valence electrons. The van der Waals surface area contributed by atoms with Crippen LogP contribution in [0.4, 0.5) is 0 Å². The van der Waals surface area contributed by atoms with Gasteiger partial charge in [0.25, 0.3) is 0 Å². The van der Waals surface area contributed by atoms with Crippen LogP contribution in [0.5, 0.6) is 0 Å². The molecule has 0 saturated carbocycles. The maximum atomic E-state index is 11.5. The number of nitrogens with one attached hydrogen (secondary N) is 2. The number of amides is 1. The molecule has 0 aromatic rings. The first-order chi connectivity index (χ1) is 6.84. The van der Waals surface area contributed by atoms with Crippen molar-refractivity contribution in [3.8, 4) is 0 Å². The van der Waals surface area contributed by atoms with Gasteiger partial charge in [0.1, 0.15) is 0 Å². The second kappa shape index (κ2) is 6.79. The Labute approximate surface area is 85.1 Å². The number of unbranched alkanes of at least 4 members (excludes halogenated alkanes) is 2. The van der Waals surface area contributed by atoms with Crippen LogP contribution in [0.3, 0.4) is 0 Å². The third-order valence-corrected chi connectivity index (χ3v) is 2.51. The molecule has 0 aromatic heterocycles. The first-order valence-electron chi connectivity index (χ1n) is 5.46. The molecule has 0 spiro atoms. The Morgan fingerprint density at radius 2 is 2.29 bits per heavy atom. The van der Waals surface area contributed by atoms with E-state index in [0.29, 0.717) is 0 Å². The van der Waals surface area contributed by atoms with E-state index in [1.807, 2.05) is 0 Å². The zero-order valence-corrected chi connectivity index (χ0v) is 8.59. The third kappa shape index (κ3) is 4.07. The fourth-order valence-corrected chi connectivity index (χ4v) is 1.66. The smallest absolute Gasteiger partial charge is 0.237 e. The zero-order valence-electron chi connectivity index (χ0n) is 8.59. The van der Waals surface area contributed by atoms with Crippen molar-refractivity contribution >= 4 is 5.91 Å². The molecule has 4 nitrogen and oxygen atoms in total. The number of rotatable bonds is 6. The van der Waals surface area contributed by atoms with Gasteiger partial charge in [-0.25, -0.2) is 0 Å². The highest BCUT2D eigenvalue weighted by atomic mass is 16.2. The molecular formula is C10H20N2O2. The fourth-order valence-electron chi connectivity index (χ4n) is 1.66. The average Bonchev–Trinajstić information content (AvgIpc) is 2.70. The van der Waals surface area contributed by atoms with Crippen LogP contribution in [0, 0.1) is 0 Å². The Balaban J connectivity index is 1.97. The Hall–Kier alpha value is -0.610. The Bertz CT molecular complexity index is 168. The summed E-state index contributed by atoms with van der Waals surface area (Å²) in [6, 6.07) is 0.0350. The molecule has 3 N–H and O–H groups in total. The van der Waals surface area contributed by atoms with Crippen molar-refractivity contribution in [2.45, 2.75) is 38.1 Å². The first-order valence-corrected chi connectivity index (χ1v) is 5.46. The number of carbonyl (C=O) groups is 1. The van der Waals surface area contributed by atoms with Crippen LogP contribution in [0.25, 0.3) is 0 Å². The Kier molecular flexibility index (Phi) is 5.56. The van der Waals surface area contributed by atoms with E-state index in [1.54, 1.807) is 0 Å². The lowest BCUT2D eigenvalue weighted by Crippen LogP contribution is -2.40. The number of carbonyl (C=O) groups excluding carboxylic acids is 1. The van der Waals surface area contributed by atoms with E-state index >= 15 is 0 Å². The lowest BCUT2D eigenvalue weighted by Gasteiger charge is -2.10. The number of aliphatic hydroxyl groups is 1. The molecule has 0 aliphatic carbocycles. The molecule has 1 atom stereocenters. The summed E-state index contributed by atoms with van der Waals surface area (Å²) in [5.74, 6) is 0.131. The van der Waals surface area contributed by atoms with Crippen molar-refractivity contribution in [3.05, 3.63) is 0 Å². The van der Waals surface area contributed by atoms with Crippen molar-refractivity contribution in [2.24, 2.45) is 0 Å². The van der Waals surface area contributed by atoms with Crippen molar-refractivity contribution in [2.75, 3.05) is 19.7 Å². The van der Waals surface area contributed by atoms with Gasteiger partial charge < -0.3 is 15.7 Å². The van der Waals surface area contributed by atoms with Gasteiger partial charge in [-0.15, -0.1) is 0 Å². The van der Waals surface area contributed by atoms with Gasteiger partial charge in [-0.1, -0.05) is 0 Å². The Morgan fingerprint density at radius 1 is 1.43 bits per heavy atom. The number of hydrogen-bond acceptors (Lipinski definition) is 3. The zero-order chi connectivity index (χ0) is 10.2. The molecule has 0 radical (unpaired) electrons. The van der Waals surface area contributed by atoms with E-state index in [9.17, 15) is 4.79 Å². The lowest BCUT2D eigenvalue weighted by atomic mass is 10.2. The standard InChI is InChI=1S/C10H20N2O2/c13-8-3-1-2-6-12-10(14)9-5-4-7-11-9/h9,11,13H,1-8H2,(H,12,14)/t9-/m1/s1. The molecule has 1 aliphatic heterocycles. The summed E-state index contributed by atoms with van der Waals surface area (Å²) in [6.45, 7) is 1.94. The molecule has 14 heavy (non-hydrogen) atoms. The van der Waals surface area contributed by atoms with Crippen LogP contribution < -0.4 is 10.6 Å². The second-order valence-corrected chi connectivity index (χ2v) is 3.72. The van der Waals surface area contributed by atoms with Gasteiger partial charge in [0, 0.05) is 13.2 Å². The molecule has 0 aromatic carbocycles. The van der Waals surface area contributed by atoms with Gasteiger partial charge in [-0.3, -0.25) is 4.79 Å². The molecule has 1 fully saturated rings. The molecule has 0 bridgehead atoms. The lowest BCUT2D eigenvalue weighted by molar-refractivity contribution is -0.122. The highest BCUT2D eigenvalue weighted by Crippen LogP contribution is 2.04. The molecule has 1 aliphatic rings. The van der Waals surface area contributed by atoms with Gasteiger partial charge in [-0.05, 0) is 38.6 Å². The fraction of sp³-hybridized carbons (Fsp3) is 0.900. The van der Waals surface area contributed by atoms with E-state index in [4.69, 9.17) is 5.11 Å². The summed E-state index contributed by atoms with van der Waals surface area (Å²) in [6.07, 6.45) is 4.83. The minimum atomic E-state index is 0.0350. The molecule has 1 rings (SSSR count). The molecule has 1 saturated heterocycles. The monoisotopic (exact) mass is 200 g/mol. The van der Waals surface area contributed by atoms with Crippen molar-refractivity contribution in [1.82, 2.24) is 10.6 Å². The van der Waals surface area contributed by atoms with E-state index < -0.39 is 0 Å². The van der Waals surface area contributed by atoms with Crippen molar-refractivity contribution in [3.63, 3.8) is 0 Å². The average molecular weight is 200 g/mol. The predicted molar refractivity (Wildman–Crippen MR) is 55.0 cm³/mol. The van der Waals surface area contributed by atoms with Gasteiger partial charge in [0.2, 0.25) is 5.91 Å². The van der Waals surface area contributed by atoms with E-state index in [-0.39, 0.29) is 18.6 Å². The van der Waals surface area contributed by atoms with E-state index in [1.165, 1.54) is 0 Å². The highest BCUT2D eigenvalue weighted by Gasteiger charge is 2.20. The van der Waals surface area contributed by atoms with Crippen LogP contribution >= 0.6 is 0 Å². The maximum Gasteiger partial charge on any atom is 0.237 e. The summed E-state index contributed by atoms with van der Waals surface area (Å²) in [7, 11) is 0. The molecule has 0 unspecified atom stereocenters. The quantitative estimate of drug-likeness (QED) is 0.530.